The zero-order valence-corrected chi connectivity index (χ0v) is 16.6. The van der Waals surface area contributed by atoms with E-state index in [0.717, 1.165) is 33.1 Å². The predicted molar refractivity (Wildman–Crippen MR) is 117 cm³/mol. The summed E-state index contributed by atoms with van der Waals surface area (Å²) in [5.41, 5.74) is 5.64. The fraction of sp³-hybridized carbons (Fsp3) is 0.0870. The van der Waals surface area contributed by atoms with Gasteiger partial charge in [0.05, 0.1) is 22.3 Å². The van der Waals surface area contributed by atoms with Gasteiger partial charge >= 0.3 is 0 Å². The zero-order valence-electron chi connectivity index (χ0n) is 15.8. The van der Waals surface area contributed by atoms with Crippen LogP contribution in [-0.2, 0) is 11.2 Å². The average Bonchev–Trinajstić information content (AvgIpc) is 3.31. The fourth-order valence-corrected chi connectivity index (χ4v) is 4.36. The van der Waals surface area contributed by atoms with Gasteiger partial charge in [0.2, 0.25) is 5.91 Å². The lowest BCUT2D eigenvalue weighted by Crippen LogP contribution is -2.14. The molecule has 142 valence electrons. The number of imidazole rings is 1. The Hall–Kier alpha value is -3.51. The van der Waals surface area contributed by atoms with Gasteiger partial charge in [-0.25, -0.2) is 9.97 Å². The van der Waals surface area contributed by atoms with Gasteiger partial charge in [0.15, 0.2) is 0 Å². The second kappa shape index (κ2) is 7.14. The Morgan fingerprint density at radius 2 is 1.93 bits per heavy atom. The van der Waals surface area contributed by atoms with Crippen LogP contribution in [0.3, 0.4) is 0 Å². The molecule has 0 radical (unpaired) electrons. The summed E-state index contributed by atoms with van der Waals surface area (Å²) >= 11 is 1.68. The number of nitrogens with zero attached hydrogens (tertiary/aromatic N) is 3. The highest BCUT2D eigenvalue weighted by Gasteiger charge is 2.10. The van der Waals surface area contributed by atoms with Gasteiger partial charge in [0.25, 0.3) is 0 Å². The van der Waals surface area contributed by atoms with Crippen molar-refractivity contribution in [1.82, 2.24) is 14.4 Å². The molecule has 0 aliphatic carbocycles. The van der Waals surface area contributed by atoms with Crippen LogP contribution < -0.4 is 5.32 Å². The molecule has 1 amide bonds. The molecule has 6 heteroatoms. The average molecular weight is 398 g/mol. The van der Waals surface area contributed by atoms with Crippen molar-refractivity contribution in [2.24, 2.45) is 0 Å². The lowest BCUT2D eigenvalue weighted by Gasteiger charge is -2.04. The van der Waals surface area contributed by atoms with Gasteiger partial charge in [-0.1, -0.05) is 12.1 Å². The Balaban J connectivity index is 1.29. The van der Waals surface area contributed by atoms with Crippen molar-refractivity contribution in [3.8, 4) is 10.6 Å². The molecule has 5 nitrogen and oxygen atoms in total. The first kappa shape index (κ1) is 17.6. The van der Waals surface area contributed by atoms with Crippen LogP contribution in [0.25, 0.3) is 26.4 Å². The highest BCUT2D eigenvalue weighted by Crippen LogP contribution is 2.31. The number of fused-ring (bicyclic) bond motifs is 2. The van der Waals surface area contributed by atoms with Crippen molar-refractivity contribution in [3.63, 3.8) is 0 Å². The monoisotopic (exact) mass is 398 g/mol. The molecule has 1 N–H and O–H groups in total. The summed E-state index contributed by atoms with van der Waals surface area (Å²) in [7, 11) is 0. The molecule has 0 spiro atoms. The van der Waals surface area contributed by atoms with Gasteiger partial charge in [0.1, 0.15) is 10.7 Å². The molecule has 29 heavy (non-hydrogen) atoms. The Morgan fingerprint density at radius 3 is 2.76 bits per heavy atom. The van der Waals surface area contributed by atoms with Gasteiger partial charge < -0.3 is 9.72 Å². The largest absolute Gasteiger partial charge is 0.326 e. The van der Waals surface area contributed by atoms with Crippen molar-refractivity contribution in [3.05, 3.63) is 84.3 Å². The first-order valence-electron chi connectivity index (χ1n) is 9.34. The molecule has 0 saturated carbocycles. The van der Waals surface area contributed by atoms with E-state index >= 15 is 0 Å². The number of rotatable bonds is 4. The van der Waals surface area contributed by atoms with Crippen molar-refractivity contribution in [2.45, 2.75) is 13.3 Å². The number of amides is 1. The maximum Gasteiger partial charge on any atom is 0.230 e. The summed E-state index contributed by atoms with van der Waals surface area (Å²) in [6.07, 6.45) is 4.04. The Labute approximate surface area is 171 Å². The molecule has 0 aliphatic heterocycles. The van der Waals surface area contributed by atoms with E-state index in [1.165, 1.54) is 10.3 Å². The summed E-state index contributed by atoms with van der Waals surface area (Å²) in [4.78, 5) is 21.6. The summed E-state index contributed by atoms with van der Waals surface area (Å²) in [5.74, 6) is -0.0865. The first-order chi connectivity index (χ1) is 14.1. The molecule has 0 unspecified atom stereocenters. The van der Waals surface area contributed by atoms with Crippen molar-refractivity contribution < 1.29 is 4.79 Å². The highest BCUT2D eigenvalue weighted by atomic mass is 32.1. The van der Waals surface area contributed by atoms with Gasteiger partial charge in [-0.05, 0) is 61.0 Å². The molecule has 3 heterocycles. The summed E-state index contributed by atoms with van der Waals surface area (Å²) in [5, 5.41) is 3.92. The number of nitrogens with one attached hydrogen (secondary N) is 1. The molecule has 5 rings (SSSR count). The molecule has 3 aromatic heterocycles. The number of thiazole rings is 1. The third kappa shape index (κ3) is 3.62. The van der Waals surface area contributed by atoms with Crippen LogP contribution in [-0.4, -0.2) is 20.3 Å². The number of benzene rings is 2. The van der Waals surface area contributed by atoms with Crippen LogP contribution in [0.15, 0.2) is 73.1 Å². The number of anilines is 1. The zero-order chi connectivity index (χ0) is 19.8. The maximum atomic E-state index is 12.4. The van der Waals surface area contributed by atoms with Crippen molar-refractivity contribution in [1.29, 1.82) is 0 Å². The third-order valence-corrected chi connectivity index (χ3v) is 5.78. The minimum absolute atomic E-state index is 0.0865. The molecular weight excluding hydrogens is 380 g/mol. The number of aromatic nitrogens is 3. The van der Waals surface area contributed by atoms with Crippen LogP contribution in [0.5, 0.6) is 0 Å². The van der Waals surface area contributed by atoms with Gasteiger partial charge in [-0.2, -0.15) is 0 Å². The van der Waals surface area contributed by atoms with E-state index in [4.69, 9.17) is 4.98 Å². The summed E-state index contributed by atoms with van der Waals surface area (Å²) in [6.45, 7) is 2.09. The van der Waals surface area contributed by atoms with Gasteiger partial charge in [-0.15, -0.1) is 11.3 Å². The van der Waals surface area contributed by atoms with Crippen LogP contribution in [0.2, 0.25) is 0 Å². The molecule has 5 aromatic rings. The van der Waals surface area contributed by atoms with Crippen LogP contribution in [0.4, 0.5) is 5.69 Å². The number of hydrogen-bond donors (Lipinski definition) is 1. The van der Waals surface area contributed by atoms with Crippen molar-refractivity contribution >= 4 is 38.8 Å². The molecular formula is C23H18N4OS. The molecule has 0 bridgehead atoms. The fourth-order valence-electron chi connectivity index (χ4n) is 3.29. The first-order valence-corrected chi connectivity index (χ1v) is 10.2. The molecule has 0 aliphatic rings. The smallest absolute Gasteiger partial charge is 0.230 e. The molecule has 2 aromatic carbocycles. The molecule has 0 atom stereocenters. The van der Waals surface area contributed by atoms with Crippen LogP contribution in [0.1, 0.15) is 11.3 Å². The second-order valence-corrected chi connectivity index (χ2v) is 8.02. The third-order valence-electron chi connectivity index (χ3n) is 4.72. The Bertz CT molecular complexity index is 1300. The lowest BCUT2D eigenvalue weighted by molar-refractivity contribution is -0.115. The molecule has 0 fully saturated rings. The minimum Gasteiger partial charge on any atom is -0.326 e. The predicted octanol–water partition coefficient (Wildman–Crippen LogP) is 5.10. The minimum atomic E-state index is -0.0865. The topological polar surface area (TPSA) is 59.3 Å². The molecule has 0 saturated heterocycles. The Morgan fingerprint density at radius 1 is 1.07 bits per heavy atom. The normalized spacial score (nSPS) is 11.2. The number of carbonyl (C=O) groups is 1. The number of carbonyl (C=O) groups excluding carboxylic acids is 1. The number of aryl methyl sites for hydroxylation is 1. The van der Waals surface area contributed by atoms with Gasteiger partial charge in [0, 0.05) is 23.6 Å². The highest BCUT2D eigenvalue weighted by molar-refractivity contribution is 7.21. The van der Waals surface area contributed by atoms with Crippen LogP contribution >= 0.6 is 11.3 Å². The summed E-state index contributed by atoms with van der Waals surface area (Å²) < 4.78 is 3.10. The lowest BCUT2D eigenvalue weighted by atomic mass is 10.2. The van der Waals surface area contributed by atoms with E-state index in [0.29, 0.717) is 0 Å². The maximum absolute atomic E-state index is 12.4. The Kier molecular flexibility index (Phi) is 4.33. The van der Waals surface area contributed by atoms with E-state index in [1.807, 2.05) is 59.3 Å². The second-order valence-electron chi connectivity index (χ2n) is 6.99. The van der Waals surface area contributed by atoms with E-state index in [1.54, 1.807) is 11.3 Å². The summed E-state index contributed by atoms with van der Waals surface area (Å²) in [6, 6.07) is 19.9. The van der Waals surface area contributed by atoms with Gasteiger partial charge in [-0.3, -0.25) is 4.79 Å². The van der Waals surface area contributed by atoms with Crippen molar-refractivity contribution in [2.75, 3.05) is 5.32 Å². The van der Waals surface area contributed by atoms with E-state index < -0.39 is 0 Å². The van der Waals surface area contributed by atoms with E-state index in [2.05, 4.69) is 35.4 Å². The van der Waals surface area contributed by atoms with E-state index in [-0.39, 0.29) is 12.3 Å². The number of hydrogen-bond acceptors (Lipinski definition) is 4. The number of pyridine rings is 1. The van der Waals surface area contributed by atoms with E-state index in [9.17, 15) is 4.79 Å². The quantitative estimate of drug-likeness (QED) is 0.458. The SMILES string of the molecule is Cc1ccc2nc(-c3ccc(NC(=O)Cc4cn5ccccc5n4)cc3)sc2c1. The van der Waals surface area contributed by atoms with Crippen LogP contribution in [0, 0.1) is 6.92 Å². The standard InChI is InChI=1S/C23H18N4OS/c1-15-5-10-19-20(12-15)29-23(26-19)16-6-8-17(9-7-16)25-22(28)13-18-14-27-11-3-2-4-21(27)24-18/h2-12,14H,13H2,1H3,(H,25,28).